The van der Waals surface area contributed by atoms with Gasteiger partial charge in [0.15, 0.2) is 0 Å². The van der Waals surface area contributed by atoms with Gasteiger partial charge in [-0.1, -0.05) is 0 Å². The lowest BCUT2D eigenvalue weighted by Crippen LogP contribution is -2.32. The average Bonchev–Trinajstić information content (AvgIpc) is 2.75. The second-order valence-corrected chi connectivity index (χ2v) is 5.20. The first-order valence-electron chi connectivity index (χ1n) is 5.77. The molecular formula is C11H12BrN3O4. The topological polar surface area (TPSA) is 96.6 Å². The Balaban J connectivity index is 2.25. The fraction of sp³-hybridized carbons (Fsp3) is 0.455. The average molecular weight is 330 g/mol. The number of carboxylic acid groups (broad SMARTS) is 1. The first-order valence-corrected chi connectivity index (χ1v) is 6.56. The molecule has 2 rings (SSSR count). The van der Waals surface area contributed by atoms with E-state index in [4.69, 9.17) is 5.11 Å². The highest BCUT2D eigenvalue weighted by molar-refractivity contribution is 9.10. The van der Waals surface area contributed by atoms with Crippen LogP contribution < -0.4 is 4.90 Å². The van der Waals surface area contributed by atoms with E-state index >= 15 is 0 Å². The zero-order valence-electron chi connectivity index (χ0n) is 9.95. The van der Waals surface area contributed by atoms with Gasteiger partial charge in [-0.25, -0.2) is 4.98 Å². The minimum absolute atomic E-state index is 0.0467. The molecule has 1 aliphatic rings. The SMILES string of the molecule is O=C(O)CC1CCCN1c1ncc([N+](=O)[O-])cc1Br. The second kappa shape index (κ2) is 5.52. The van der Waals surface area contributed by atoms with Crippen molar-refractivity contribution in [3.05, 3.63) is 26.9 Å². The highest BCUT2D eigenvalue weighted by Crippen LogP contribution is 2.33. The lowest BCUT2D eigenvalue weighted by atomic mass is 10.1. The summed E-state index contributed by atoms with van der Waals surface area (Å²) < 4.78 is 0.513. The molecule has 0 aliphatic carbocycles. The molecule has 1 fully saturated rings. The summed E-state index contributed by atoms with van der Waals surface area (Å²) in [6, 6.07) is 1.28. The summed E-state index contributed by atoms with van der Waals surface area (Å²) in [5.74, 6) is -0.288. The minimum Gasteiger partial charge on any atom is -0.481 e. The molecule has 1 aliphatic heterocycles. The number of carboxylic acids is 1. The second-order valence-electron chi connectivity index (χ2n) is 4.34. The van der Waals surface area contributed by atoms with Crippen molar-refractivity contribution < 1.29 is 14.8 Å². The Labute approximate surface area is 117 Å². The number of aromatic nitrogens is 1. The van der Waals surface area contributed by atoms with E-state index in [0.717, 1.165) is 12.8 Å². The molecule has 102 valence electrons. The number of nitrogens with zero attached hydrogens (tertiary/aromatic N) is 3. The molecule has 1 aromatic heterocycles. The summed E-state index contributed by atoms with van der Waals surface area (Å²) in [6.07, 6.45) is 2.92. The summed E-state index contributed by atoms with van der Waals surface area (Å²) in [6.45, 7) is 0.710. The number of rotatable bonds is 4. The van der Waals surface area contributed by atoms with Crippen LogP contribution in [-0.4, -0.2) is 33.6 Å². The van der Waals surface area contributed by atoms with Crippen molar-refractivity contribution in [2.24, 2.45) is 0 Å². The van der Waals surface area contributed by atoms with Crippen LogP contribution in [-0.2, 0) is 4.79 Å². The monoisotopic (exact) mass is 329 g/mol. The number of nitro groups is 1. The van der Waals surface area contributed by atoms with E-state index < -0.39 is 10.9 Å². The van der Waals surface area contributed by atoms with Crippen molar-refractivity contribution in [2.75, 3.05) is 11.4 Å². The van der Waals surface area contributed by atoms with Crippen LogP contribution in [0.25, 0.3) is 0 Å². The quantitative estimate of drug-likeness (QED) is 0.671. The van der Waals surface area contributed by atoms with Crippen molar-refractivity contribution in [1.29, 1.82) is 0 Å². The number of carbonyl (C=O) groups is 1. The van der Waals surface area contributed by atoms with Gasteiger partial charge < -0.3 is 10.0 Å². The van der Waals surface area contributed by atoms with Crippen LogP contribution in [0.15, 0.2) is 16.7 Å². The fourth-order valence-electron chi connectivity index (χ4n) is 2.26. The molecule has 1 saturated heterocycles. The van der Waals surface area contributed by atoms with Gasteiger partial charge in [-0.2, -0.15) is 0 Å². The third-order valence-electron chi connectivity index (χ3n) is 3.08. The molecule has 19 heavy (non-hydrogen) atoms. The minimum atomic E-state index is -0.852. The van der Waals surface area contributed by atoms with Crippen LogP contribution >= 0.6 is 15.9 Å². The summed E-state index contributed by atoms with van der Waals surface area (Å²) in [7, 11) is 0. The summed E-state index contributed by atoms with van der Waals surface area (Å²) in [5, 5.41) is 19.5. The number of pyridine rings is 1. The molecule has 1 unspecified atom stereocenters. The van der Waals surface area contributed by atoms with E-state index in [1.54, 1.807) is 0 Å². The summed E-state index contributed by atoms with van der Waals surface area (Å²) >= 11 is 3.26. The normalized spacial score (nSPS) is 18.6. The van der Waals surface area contributed by atoms with Crippen LogP contribution in [0, 0.1) is 10.1 Å². The number of halogens is 1. The van der Waals surface area contributed by atoms with Crippen molar-refractivity contribution in [1.82, 2.24) is 4.98 Å². The van der Waals surface area contributed by atoms with Gasteiger partial charge in [0, 0.05) is 18.7 Å². The van der Waals surface area contributed by atoms with Gasteiger partial charge in [0.25, 0.3) is 5.69 Å². The standard InChI is InChI=1S/C11H12BrN3O4/c12-9-4-8(15(18)19)6-13-11(9)14-3-1-2-7(14)5-10(16)17/h4,6-7H,1-3,5H2,(H,16,17). The van der Waals surface area contributed by atoms with Gasteiger partial charge in [-0.05, 0) is 28.8 Å². The van der Waals surface area contributed by atoms with Gasteiger partial charge >= 0.3 is 5.97 Å². The largest absolute Gasteiger partial charge is 0.481 e. The first-order chi connectivity index (χ1) is 8.99. The molecule has 1 N–H and O–H groups in total. The maximum atomic E-state index is 10.8. The van der Waals surface area contributed by atoms with E-state index in [1.165, 1.54) is 12.3 Å². The van der Waals surface area contributed by atoms with Crippen molar-refractivity contribution in [2.45, 2.75) is 25.3 Å². The van der Waals surface area contributed by atoms with E-state index in [0.29, 0.717) is 16.8 Å². The fourth-order valence-corrected chi connectivity index (χ4v) is 2.82. The lowest BCUT2D eigenvalue weighted by Gasteiger charge is -2.25. The van der Waals surface area contributed by atoms with Gasteiger partial charge in [-0.15, -0.1) is 0 Å². The zero-order valence-corrected chi connectivity index (χ0v) is 11.5. The van der Waals surface area contributed by atoms with E-state index in [9.17, 15) is 14.9 Å². The molecule has 0 amide bonds. The van der Waals surface area contributed by atoms with Gasteiger partial charge in [0.1, 0.15) is 12.0 Å². The molecule has 0 spiro atoms. The van der Waals surface area contributed by atoms with Crippen molar-refractivity contribution >= 4 is 33.4 Å². The maximum Gasteiger partial charge on any atom is 0.305 e. The molecule has 0 bridgehead atoms. The number of hydrogen-bond acceptors (Lipinski definition) is 5. The number of aliphatic carboxylic acids is 1. The first kappa shape index (κ1) is 13.7. The Kier molecular flexibility index (Phi) is 3.98. The molecule has 0 radical (unpaired) electrons. The van der Waals surface area contributed by atoms with Crippen LogP contribution in [0.1, 0.15) is 19.3 Å². The highest BCUT2D eigenvalue weighted by atomic mass is 79.9. The summed E-state index contributed by atoms with van der Waals surface area (Å²) in [4.78, 5) is 26.9. The van der Waals surface area contributed by atoms with Crippen LogP contribution in [0.4, 0.5) is 11.5 Å². The Bertz CT molecular complexity index is 523. The lowest BCUT2D eigenvalue weighted by molar-refractivity contribution is -0.385. The van der Waals surface area contributed by atoms with Crippen molar-refractivity contribution in [3.8, 4) is 0 Å². The van der Waals surface area contributed by atoms with Crippen LogP contribution in [0.2, 0.25) is 0 Å². The Hall–Kier alpha value is -1.70. The maximum absolute atomic E-state index is 10.8. The zero-order chi connectivity index (χ0) is 14.0. The number of hydrogen-bond donors (Lipinski definition) is 1. The third-order valence-corrected chi connectivity index (χ3v) is 3.66. The van der Waals surface area contributed by atoms with Gasteiger partial charge in [-0.3, -0.25) is 14.9 Å². The van der Waals surface area contributed by atoms with E-state index in [1.807, 2.05) is 4.90 Å². The van der Waals surface area contributed by atoms with Gasteiger partial charge in [0.2, 0.25) is 0 Å². The van der Waals surface area contributed by atoms with E-state index in [-0.39, 0.29) is 18.2 Å². The van der Waals surface area contributed by atoms with Crippen molar-refractivity contribution in [3.63, 3.8) is 0 Å². The molecule has 7 nitrogen and oxygen atoms in total. The molecule has 2 heterocycles. The third kappa shape index (κ3) is 3.01. The summed E-state index contributed by atoms with van der Waals surface area (Å²) in [5.41, 5.74) is -0.0930. The highest BCUT2D eigenvalue weighted by Gasteiger charge is 2.29. The Morgan fingerprint density at radius 3 is 3.00 bits per heavy atom. The molecule has 1 atom stereocenters. The number of anilines is 1. The Morgan fingerprint density at radius 1 is 1.68 bits per heavy atom. The van der Waals surface area contributed by atoms with Crippen LogP contribution in [0.3, 0.4) is 0 Å². The predicted molar refractivity (Wildman–Crippen MR) is 71.2 cm³/mol. The van der Waals surface area contributed by atoms with E-state index in [2.05, 4.69) is 20.9 Å². The predicted octanol–water partition coefficient (Wildman–Crippen LogP) is 2.20. The Morgan fingerprint density at radius 2 is 2.42 bits per heavy atom. The molecule has 1 aromatic rings. The van der Waals surface area contributed by atoms with Crippen LogP contribution in [0.5, 0.6) is 0 Å². The smallest absolute Gasteiger partial charge is 0.305 e. The van der Waals surface area contributed by atoms with Gasteiger partial charge in [0.05, 0.1) is 15.8 Å². The molecule has 8 heteroatoms. The molecule has 0 saturated carbocycles. The molecular weight excluding hydrogens is 318 g/mol. The molecule has 0 aromatic carbocycles.